The maximum atomic E-state index is 12.2. The normalized spacial score (nSPS) is 16.4. The number of nitrogens with one attached hydrogen (secondary N) is 1. The molecule has 1 heterocycles. The second-order valence-electron chi connectivity index (χ2n) is 6.43. The highest BCUT2D eigenvalue weighted by molar-refractivity contribution is 7.89. The predicted octanol–water partition coefficient (Wildman–Crippen LogP) is 1.67. The molecule has 0 radical (unpaired) electrons. The standard InChI is InChI=1S/C16H26N4O4S/c1-4-17-12-13-7-9-19(10-8-13)15-6-5-14(11-16(15)20(21)22)25(23,24)18(2)3/h5-6,11,13,17H,4,7-10,12H2,1-3H3. The van der Waals surface area contributed by atoms with E-state index in [4.69, 9.17) is 0 Å². The molecule has 0 bridgehead atoms. The second kappa shape index (κ2) is 8.11. The first-order valence-corrected chi connectivity index (χ1v) is 9.88. The average molecular weight is 370 g/mol. The third-order valence-electron chi connectivity index (χ3n) is 4.56. The second-order valence-corrected chi connectivity index (χ2v) is 8.58. The number of nitrogens with zero attached hydrogens (tertiary/aromatic N) is 3. The molecule has 9 heteroatoms. The van der Waals surface area contributed by atoms with E-state index in [9.17, 15) is 18.5 Å². The van der Waals surface area contributed by atoms with Crippen LogP contribution in [0.25, 0.3) is 0 Å². The van der Waals surface area contributed by atoms with Crippen molar-refractivity contribution in [3.05, 3.63) is 28.3 Å². The number of nitro groups is 1. The zero-order valence-corrected chi connectivity index (χ0v) is 15.8. The molecule has 0 saturated carbocycles. The molecule has 140 valence electrons. The SMILES string of the molecule is CCNCC1CCN(c2ccc(S(=O)(=O)N(C)C)cc2[N+](=O)[O-])CC1. The lowest BCUT2D eigenvalue weighted by molar-refractivity contribution is -0.384. The first kappa shape index (κ1) is 19.6. The van der Waals surface area contributed by atoms with Gasteiger partial charge in [0.2, 0.25) is 10.0 Å². The van der Waals surface area contributed by atoms with E-state index in [1.54, 1.807) is 6.07 Å². The van der Waals surface area contributed by atoms with Crippen LogP contribution in [0.5, 0.6) is 0 Å². The first-order valence-electron chi connectivity index (χ1n) is 8.44. The molecule has 25 heavy (non-hydrogen) atoms. The summed E-state index contributed by atoms with van der Waals surface area (Å²) in [6.07, 6.45) is 1.92. The Morgan fingerprint density at radius 2 is 1.96 bits per heavy atom. The van der Waals surface area contributed by atoms with Gasteiger partial charge >= 0.3 is 0 Å². The Morgan fingerprint density at radius 1 is 1.32 bits per heavy atom. The Kier molecular flexibility index (Phi) is 6.36. The molecule has 0 spiro atoms. The summed E-state index contributed by atoms with van der Waals surface area (Å²) in [5, 5.41) is 14.8. The molecule has 0 amide bonds. The van der Waals surface area contributed by atoms with Gasteiger partial charge in [-0.1, -0.05) is 6.92 Å². The quantitative estimate of drug-likeness (QED) is 0.579. The van der Waals surface area contributed by atoms with Gasteiger partial charge in [-0.25, -0.2) is 12.7 Å². The van der Waals surface area contributed by atoms with E-state index < -0.39 is 14.9 Å². The number of anilines is 1. The molecule has 0 aromatic heterocycles. The summed E-state index contributed by atoms with van der Waals surface area (Å²) in [4.78, 5) is 12.9. The van der Waals surface area contributed by atoms with Crippen molar-refractivity contribution in [3.63, 3.8) is 0 Å². The third kappa shape index (κ3) is 4.47. The predicted molar refractivity (Wildman–Crippen MR) is 97.4 cm³/mol. The number of nitro benzene ring substituents is 1. The molecule has 1 aliphatic heterocycles. The largest absolute Gasteiger partial charge is 0.366 e. The Balaban J connectivity index is 2.23. The molecule has 1 aliphatic rings. The topological polar surface area (TPSA) is 95.8 Å². The molecular weight excluding hydrogens is 344 g/mol. The van der Waals surface area contributed by atoms with Crippen LogP contribution in [0, 0.1) is 16.0 Å². The highest BCUT2D eigenvalue weighted by atomic mass is 32.2. The summed E-state index contributed by atoms with van der Waals surface area (Å²) >= 11 is 0. The van der Waals surface area contributed by atoms with Crippen molar-refractivity contribution >= 4 is 21.4 Å². The lowest BCUT2D eigenvalue weighted by atomic mass is 9.96. The van der Waals surface area contributed by atoms with E-state index >= 15 is 0 Å². The van der Waals surface area contributed by atoms with E-state index in [1.807, 2.05) is 4.90 Å². The number of hydrogen-bond acceptors (Lipinski definition) is 6. The minimum Gasteiger partial charge on any atom is -0.366 e. The molecule has 1 fully saturated rings. The van der Waals surface area contributed by atoms with Crippen molar-refractivity contribution in [2.45, 2.75) is 24.7 Å². The van der Waals surface area contributed by atoms with Crippen LogP contribution in [0.4, 0.5) is 11.4 Å². The maximum absolute atomic E-state index is 12.2. The molecule has 8 nitrogen and oxygen atoms in total. The molecule has 0 aliphatic carbocycles. The van der Waals surface area contributed by atoms with E-state index in [0.29, 0.717) is 11.6 Å². The van der Waals surface area contributed by atoms with Crippen LogP contribution in [0.3, 0.4) is 0 Å². The minimum atomic E-state index is -3.70. The molecule has 1 N–H and O–H groups in total. The molecule has 0 atom stereocenters. The Morgan fingerprint density at radius 3 is 2.48 bits per heavy atom. The first-order chi connectivity index (χ1) is 11.8. The minimum absolute atomic E-state index is 0.0602. The van der Waals surface area contributed by atoms with Crippen molar-refractivity contribution in [3.8, 4) is 0 Å². The summed E-state index contributed by atoms with van der Waals surface area (Å²) in [5.74, 6) is 0.573. The average Bonchev–Trinajstić information content (AvgIpc) is 2.59. The summed E-state index contributed by atoms with van der Waals surface area (Å²) in [6.45, 7) is 5.44. The summed E-state index contributed by atoms with van der Waals surface area (Å²) in [6, 6.07) is 4.16. The number of rotatable bonds is 7. The Bertz CT molecular complexity index is 713. The summed E-state index contributed by atoms with van der Waals surface area (Å²) in [5.41, 5.74) is 0.331. The van der Waals surface area contributed by atoms with E-state index in [0.717, 1.165) is 49.4 Å². The van der Waals surface area contributed by atoms with Gasteiger partial charge in [0, 0.05) is 33.3 Å². The van der Waals surface area contributed by atoms with Crippen LogP contribution in [-0.4, -0.2) is 57.9 Å². The van der Waals surface area contributed by atoms with E-state index in [1.165, 1.54) is 20.2 Å². The third-order valence-corrected chi connectivity index (χ3v) is 6.37. The van der Waals surface area contributed by atoms with Crippen LogP contribution in [0.2, 0.25) is 0 Å². The summed E-state index contributed by atoms with van der Waals surface area (Å²) < 4.78 is 25.5. The molecule has 2 rings (SSSR count). The molecule has 1 aromatic carbocycles. The van der Waals surface area contributed by atoms with Gasteiger partial charge in [0.15, 0.2) is 0 Å². The van der Waals surface area contributed by atoms with Gasteiger partial charge in [0.1, 0.15) is 5.69 Å². The molecular formula is C16H26N4O4S. The molecule has 0 unspecified atom stereocenters. The van der Waals surface area contributed by atoms with Crippen molar-refractivity contribution < 1.29 is 13.3 Å². The number of piperidine rings is 1. The smallest absolute Gasteiger partial charge is 0.293 e. The van der Waals surface area contributed by atoms with Crippen LogP contribution < -0.4 is 10.2 Å². The Hall–Kier alpha value is -1.71. The van der Waals surface area contributed by atoms with Gasteiger partial charge in [-0.2, -0.15) is 0 Å². The highest BCUT2D eigenvalue weighted by Crippen LogP contribution is 2.33. The van der Waals surface area contributed by atoms with Gasteiger partial charge < -0.3 is 10.2 Å². The highest BCUT2D eigenvalue weighted by Gasteiger charge is 2.27. The van der Waals surface area contributed by atoms with E-state index in [-0.39, 0.29) is 10.6 Å². The number of hydrogen-bond donors (Lipinski definition) is 1. The van der Waals surface area contributed by atoms with Crippen LogP contribution in [0.1, 0.15) is 19.8 Å². The molecule has 1 saturated heterocycles. The van der Waals surface area contributed by atoms with E-state index in [2.05, 4.69) is 12.2 Å². The fraction of sp³-hybridized carbons (Fsp3) is 0.625. The van der Waals surface area contributed by atoms with Crippen molar-refractivity contribution in [2.24, 2.45) is 5.92 Å². The van der Waals surface area contributed by atoms with Gasteiger partial charge in [0.05, 0.1) is 9.82 Å². The number of sulfonamides is 1. The van der Waals surface area contributed by atoms with Crippen molar-refractivity contribution in [2.75, 3.05) is 45.2 Å². The van der Waals surface area contributed by atoms with Gasteiger partial charge in [0.25, 0.3) is 5.69 Å². The maximum Gasteiger partial charge on any atom is 0.293 e. The zero-order chi connectivity index (χ0) is 18.6. The fourth-order valence-electron chi connectivity index (χ4n) is 3.01. The zero-order valence-electron chi connectivity index (χ0n) is 14.9. The van der Waals surface area contributed by atoms with Crippen LogP contribution >= 0.6 is 0 Å². The van der Waals surface area contributed by atoms with Crippen LogP contribution in [0.15, 0.2) is 23.1 Å². The molecule has 1 aromatic rings. The van der Waals surface area contributed by atoms with Gasteiger partial charge in [-0.15, -0.1) is 0 Å². The van der Waals surface area contributed by atoms with Gasteiger partial charge in [-0.05, 0) is 44.0 Å². The Labute approximate surface area is 149 Å². The monoisotopic (exact) mass is 370 g/mol. The fourth-order valence-corrected chi connectivity index (χ4v) is 3.94. The van der Waals surface area contributed by atoms with Crippen LogP contribution in [-0.2, 0) is 10.0 Å². The lowest BCUT2D eigenvalue weighted by Crippen LogP contribution is -2.37. The van der Waals surface area contributed by atoms with Crippen molar-refractivity contribution in [1.29, 1.82) is 0 Å². The lowest BCUT2D eigenvalue weighted by Gasteiger charge is -2.33. The van der Waals surface area contributed by atoms with Crippen molar-refractivity contribution in [1.82, 2.24) is 9.62 Å². The van der Waals surface area contributed by atoms with Gasteiger partial charge in [-0.3, -0.25) is 10.1 Å². The number of benzene rings is 1. The summed E-state index contributed by atoms with van der Waals surface area (Å²) in [7, 11) is -0.883.